The Hall–Kier alpha value is -1.13. The van der Waals surface area contributed by atoms with E-state index in [0.29, 0.717) is 0 Å². The van der Waals surface area contributed by atoms with Crippen LogP contribution in [0.5, 0.6) is 0 Å². The molecule has 1 aliphatic carbocycles. The predicted octanol–water partition coefficient (Wildman–Crippen LogP) is 2.96. The largest absolute Gasteiger partial charge is 0.384 e. The summed E-state index contributed by atoms with van der Waals surface area (Å²) in [4.78, 5) is 11.8. The quantitative estimate of drug-likeness (QED) is 0.833. The van der Waals surface area contributed by atoms with Gasteiger partial charge in [0.25, 0.3) is 0 Å². The van der Waals surface area contributed by atoms with Crippen molar-refractivity contribution in [3.05, 3.63) is 34.0 Å². The molecule has 1 fully saturated rings. The minimum Gasteiger partial charge on any atom is -0.384 e. The molecule has 1 aliphatic rings. The summed E-state index contributed by atoms with van der Waals surface area (Å²) in [5.41, 5.74) is 1.09. The Balaban J connectivity index is 1.86. The Bertz CT molecular complexity index is 441. The molecule has 0 saturated heterocycles. The summed E-state index contributed by atoms with van der Waals surface area (Å²) in [6.07, 6.45) is 7.43. The molecule has 1 atom stereocenters. The van der Waals surface area contributed by atoms with Crippen LogP contribution in [-0.2, 0) is 10.4 Å². The Kier molecular flexibility index (Phi) is 4.77. The van der Waals surface area contributed by atoms with Crippen LogP contribution in [0.1, 0.15) is 44.6 Å². The summed E-state index contributed by atoms with van der Waals surface area (Å²) in [5, 5.41) is 16.9. The van der Waals surface area contributed by atoms with Crippen LogP contribution in [0.3, 0.4) is 0 Å². The fourth-order valence-electron chi connectivity index (χ4n) is 2.32. The first-order chi connectivity index (χ1) is 9.08. The highest BCUT2D eigenvalue weighted by Gasteiger charge is 2.23. The normalized spacial score (nSPS) is 18.7. The molecule has 19 heavy (non-hydrogen) atoms. The Morgan fingerprint density at radius 3 is 2.84 bits per heavy atom. The van der Waals surface area contributed by atoms with Crippen LogP contribution in [0, 0.1) is 0 Å². The lowest BCUT2D eigenvalue weighted by atomic mass is 9.94. The molecule has 1 saturated carbocycles. The molecule has 1 heterocycles. The van der Waals surface area contributed by atoms with Crippen LogP contribution in [0.2, 0.25) is 0 Å². The van der Waals surface area contributed by atoms with Crippen molar-refractivity contribution in [1.29, 1.82) is 0 Å². The zero-order valence-electron chi connectivity index (χ0n) is 11.3. The molecule has 2 rings (SSSR count). The van der Waals surface area contributed by atoms with Gasteiger partial charge in [-0.05, 0) is 55.0 Å². The summed E-state index contributed by atoms with van der Waals surface area (Å²) < 4.78 is 0. The van der Waals surface area contributed by atoms with E-state index >= 15 is 0 Å². The second kappa shape index (κ2) is 6.35. The van der Waals surface area contributed by atoms with E-state index in [1.807, 2.05) is 16.8 Å². The second-order valence-corrected chi connectivity index (χ2v) is 6.15. The zero-order valence-corrected chi connectivity index (χ0v) is 12.1. The van der Waals surface area contributed by atoms with Crippen molar-refractivity contribution in [3.8, 4) is 0 Å². The number of allylic oxidation sites excluding steroid dienone is 1. The van der Waals surface area contributed by atoms with Gasteiger partial charge in [-0.2, -0.15) is 11.3 Å². The van der Waals surface area contributed by atoms with Crippen LogP contribution in [-0.4, -0.2) is 17.6 Å². The minimum atomic E-state index is -0.999. The number of rotatable bonds is 4. The van der Waals surface area contributed by atoms with E-state index < -0.39 is 5.60 Å². The van der Waals surface area contributed by atoms with Crippen molar-refractivity contribution in [2.24, 2.45) is 0 Å². The van der Waals surface area contributed by atoms with E-state index in [0.717, 1.165) is 18.4 Å². The van der Waals surface area contributed by atoms with E-state index in [2.05, 4.69) is 5.32 Å². The lowest BCUT2D eigenvalue weighted by molar-refractivity contribution is -0.117. The van der Waals surface area contributed by atoms with Gasteiger partial charge in [0, 0.05) is 6.08 Å². The van der Waals surface area contributed by atoms with E-state index in [1.54, 1.807) is 24.3 Å². The zero-order chi connectivity index (χ0) is 13.7. The first-order valence-corrected chi connectivity index (χ1v) is 7.74. The number of nitrogens with one attached hydrogen (secondary N) is 1. The van der Waals surface area contributed by atoms with Gasteiger partial charge in [-0.15, -0.1) is 0 Å². The number of hydrogen-bond acceptors (Lipinski definition) is 3. The number of thiophene rings is 1. The van der Waals surface area contributed by atoms with Crippen molar-refractivity contribution in [2.75, 3.05) is 6.54 Å². The highest BCUT2D eigenvalue weighted by atomic mass is 32.1. The maximum absolute atomic E-state index is 11.8. The highest BCUT2D eigenvalue weighted by molar-refractivity contribution is 7.08. The molecule has 2 N–H and O–H groups in total. The van der Waals surface area contributed by atoms with Crippen LogP contribution in [0.15, 0.2) is 28.5 Å². The number of hydrogen-bond donors (Lipinski definition) is 2. The summed E-state index contributed by atoms with van der Waals surface area (Å²) in [6, 6.07) is 1.89. The number of aliphatic hydroxyl groups is 1. The SMILES string of the molecule is C[C@](O)(CNC(=O)C=C1CCCCC1)c1ccsc1. The third-order valence-corrected chi connectivity index (χ3v) is 4.26. The van der Waals surface area contributed by atoms with Crippen LogP contribution < -0.4 is 5.32 Å². The summed E-state index contributed by atoms with van der Waals surface area (Å²) in [6.45, 7) is 1.97. The van der Waals surface area contributed by atoms with Gasteiger partial charge in [0.15, 0.2) is 0 Å². The third-order valence-electron chi connectivity index (χ3n) is 3.58. The van der Waals surface area contributed by atoms with E-state index in [-0.39, 0.29) is 12.5 Å². The molecule has 0 bridgehead atoms. The average Bonchev–Trinajstić information content (AvgIpc) is 2.92. The Labute approximate surface area is 118 Å². The standard InChI is InChI=1S/C15H21NO2S/c1-15(18,13-7-8-19-10-13)11-16-14(17)9-12-5-3-2-4-6-12/h7-10,18H,2-6,11H2,1H3,(H,16,17)/t15-/m0/s1. The number of carbonyl (C=O) groups is 1. The van der Waals surface area contributed by atoms with Gasteiger partial charge >= 0.3 is 0 Å². The third kappa shape index (κ3) is 4.18. The van der Waals surface area contributed by atoms with Gasteiger partial charge in [0.05, 0.1) is 6.54 Å². The second-order valence-electron chi connectivity index (χ2n) is 5.37. The minimum absolute atomic E-state index is 0.0904. The van der Waals surface area contributed by atoms with Crippen molar-refractivity contribution in [3.63, 3.8) is 0 Å². The first kappa shape index (κ1) is 14.3. The maximum atomic E-state index is 11.8. The molecule has 0 aliphatic heterocycles. The van der Waals surface area contributed by atoms with Gasteiger partial charge in [0.2, 0.25) is 5.91 Å². The van der Waals surface area contributed by atoms with Crippen molar-refractivity contribution >= 4 is 17.2 Å². The smallest absolute Gasteiger partial charge is 0.244 e. The number of carbonyl (C=O) groups excluding carboxylic acids is 1. The molecular formula is C15H21NO2S. The molecule has 4 heteroatoms. The molecule has 3 nitrogen and oxygen atoms in total. The predicted molar refractivity (Wildman–Crippen MR) is 78.1 cm³/mol. The van der Waals surface area contributed by atoms with Gasteiger partial charge in [-0.25, -0.2) is 0 Å². The molecule has 0 aromatic carbocycles. The Morgan fingerprint density at radius 1 is 1.47 bits per heavy atom. The molecule has 1 amide bonds. The van der Waals surface area contributed by atoms with Crippen LogP contribution >= 0.6 is 11.3 Å². The van der Waals surface area contributed by atoms with Crippen LogP contribution in [0.4, 0.5) is 0 Å². The fourth-order valence-corrected chi connectivity index (χ4v) is 3.10. The summed E-state index contributed by atoms with van der Waals surface area (Å²) >= 11 is 1.54. The average molecular weight is 279 g/mol. The monoisotopic (exact) mass is 279 g/mol. The highest BCUT2D eigenvalue weighted by Crippen LogP contribution is 2.23. The van der Waals surface area contributed by atoms with Crippen molar-refractivity contribution < 1.29 is 9.90 Å². The van der Waals surface area contributed by atoms with E-state index in [4.69, 9.17) is 0 Å². The Morgan fingerprint density at radius 2 is 2.21 bits per heavy atom. The van der Waals surface area contributed by atoms with Gasteiger partial charge in [0.1, 0.15) is 5.60 Å². The lowest BCUT2D eigenvalue weighted by Crippen LogP contribution is -2.37. The van der Waals surface area contributed by atoms with Gasteiger partial charge in [-0.1, -0.05) is 12.0 Å². The van der Waals surface area contributed by atoms with Crippen molar-refractivity contribution in [1.82, 2.24) is 5.32 Å². The molecule has 104 valence electrons. The van der Waals surface area contributed by atoms with E-state index in [9.17, 15) is 9.90 Å². The fraction of sp³-hybridized carbons (Fsp3) is 0.533. The molecule has 0 spiro atoms. The van der Waals surface area contributed by atoms with Gasteiger partial charge in [-0.3, -0.25) is 4.79 Å². The van der Waals surface area contributed by atoms with Crippen molar-refractivity contribution in [2.45, 2.75) is 44.6 Å². The topological polar surface area (TPSA) is 49.3 Å². The molecular weight excluding hydrogens is 258 g/mol. The summed E-state index contributed by atoms with van der Waals surface area (Å²) in [5.74, 6) is -0.0904. The molecule has 0 radical (unpaired) electrons. The number of amides is 1. The van der Waals surface area contributed by atoms with Gasteiger partial charge < -0.3 is 10.4 Å². The molecule has 1 aromatic heterocycles. The maximum Gasteiger partial charge on any atom is 0.244 e. The molecule has 0 unspecified atom stereocenters. The summed E-state index contributed by atoms with van der Waals surface area (Å²) in [7, 11) is 0. The first-order valence-electron chi connectivity index (χ1n) is 6.80. The lowest BCUT2D eigenvalue weighted by Gasteiger charge is -2.22. The van der Waals surface area contributed by atoms with E-state index in [1.165, 1.54) is 24.8 Å². The molecule has 1 aromatic rings. The van der Waals surface area contributed by atoms with Crippen LogP contribution in [0.25, 0.3) is 0 Å².